The molecule has 0 heterocycles. The summed E-state index contributed by atoms with van der Waals surface area (Å²) in [4.78, 5) is 0. The van der Waals surface area contributed by atoms with Gasteiger partial charge in [-0.25, -0.2) is 0 Å². The Hall–Kier alpha value is -0.900. The number of methoxy groups -OCH3 is 1. The molecule has 0 aromatic heterocycles. The summed E-state index contributed by atoms with van der Waals surface area (Å²) in [5.74, 6) is 0. The van der Waals surface area contributed by atoms with Crippen LogP contribution in [-0.4, -0.2) is 18.8 Å². The maximum absolute atomic E-state index is 10.6. The van der Waals surface area contributed by atoms with Crippen LogP contribution in [0.5, 0.6) is 0 Å². The van der Waals surface area contributed by atoms with Gasteiger partial charge in [-0.05, 0) is 24.0 Å². The van der Waals surface area contributed by atoms with Gasteiger partial charge in [0.15, 0.2) is 0 Å². The first-order valence-corrected chi connectivity index (χ1v) is 6.68. The number of hydrogen-bond acceptors (Lipinski definition) is 3. The van der Waals surface area contributed by atoms with Crippen molar-refractivity contribution in [1.29, 1.82) is 0 Å². The van der Waals surface area contributed by atoms with Gasteiger partial charge in [0, 0.05) is 19.1 Å². The van der Waals surface area contributed by atoms with Crippen molar-refractivity contribution in [3.8, 4) is 0 Å². The van der Waals surface area contributed by atoms with Crippen molar-refractivity contribution in [2.45, 2.75) is 38.4 Å². The van der Waals surface area contributed by atoms with Crippen molar-refractivity contribution >= 4 is 0 Å². The van der Waals surface area contributed by atoms with Crippen LogP contribution in [0.4, 0.5) is 0 Å². The highest BCUT2D eigenvalue weighted by atomic mass is 16.5. The van der Waals surface area contributed by atoms with E-state index in [-0.39, 0.29) is 5.41 Å². The fourth-order valence-corrected chi connectivity index (χ4v) is 3.04. The average Bonchev–Trinajstić information content (AvgIpc) is 2.88. The minimum atomic E-state index is -0.457. The van der Waals surface area contributed by atoms with E-state index in [0.29, 0.717) is 13.2 Å². The van der Waals surface area contributed by atoms with Crippen molar-refractivity contribution in [3.63, 3.8) is 0 Å². The predicted octanol–water partition coefficient (Wildman–Crippen LogP) is 2.39. The molecule has 100 valence electrons. The van der Waals surface area contributed by atoms with E-state index >= 15 is 0 Å². The van der Waals surface area contributed by atoms with Gasteiger partial charge in [-0.15, -0.1) is 0 Å². The molecule has 1 atom stereocenters. The molecule has 3 heteroatoms. The maximum atomic E-state index is 10.6. The van der Waals surface area contributed by atoms with Crippen LogP contribution in [0.3, 0.4) is 0 Å². The molecular weight excluding hydrogens is 226 g/mol. The Morgan fingerprint density at radius 1 is 1.39 bits per heavy atom. The van der Waals surface area contributed by atoms with E-state index in [9.17, 15) is 5.11 Å². The lowest BCUT2D eigenvalue weighted by molar-refractivity contribution is 0.0332. The summed E-state index contributed by atoms with van der Waals surface area (Å²) in [5, 5.41) is 10.6. The van der Waals surface area contributed by atoms with Crippen molar-refractivity contribution in [2.24, 2.45) is 11.1 Å². The molecule has 0 radical (unpaired) electrons. The Kier molecular flexibility index (Phi) is 4.38. The molecule has 1 aromatic carbocycles. The minimum Gasteiger partial charge on any atom is -0.388 e. The molecule has 18 heavy (non-hydrogen) atoms. The quantitative estimate of drug-likeness (QED) is 0.842. The lowest BCUT2D eigenvalue weighted by atomic mass is 9.77. The number of aliphatic hydroxyl groups is 1. The molecule has 1 aliphatic rings. The van der Waals surface area contributed by atoms with E-state index in [0.717, 1.165) is 24.0 Å². The normalized spacial score (nSPS) is 19.9. The molecule has 1 fully saturated rings. The first kappa shape index (κ1) is 13.5. The van der Waals surface area contributed by atoms with Crippen LogP contribution in [0.15, 0.2) is 24.3 Å². The standard InChI is InChI=1S/C15H23NO2/c1-18-10-12-5-4-6-13(9-12)14(17)15(11-16)7-2-3-8-15/h4-6,9,14,17H,2-3,7-8,10-11,16H2,1H3. The van der Waals surface area contributed by atoms with E-state index in [1.807, 2.05) is 24.3 Å². The number of aliphatic hydroxyl groups excluding tert-OH is 1. The summed E-state index contributed by atoms with van der Waals surface area (Å²) in [6, 6.07) is 8.01. The molecule has 0 spiro atoms. The smallest absolute Gasteiger partial charge is 0.0858 e. The molecule has 0 amide bonds. The van der Waals surface area contributed by atoms with Crippen molar-refractivity contribution in [1.82, 2.24) is 0 Å². The van der Waals surface area contributed by atoms with Gasteiger partial charge in [-0.3, -0.25) is 0 Å². The van der Waals surface area contributed by atoms with Crippen molar-refractivity contribution in [3.05, 3.63) is 35.4 Å². The van der Waals surface area contributed by atoms with Gasteiger partial charge in [0.1, 0.15) is 0 Å². The number of ether oxygens (including phenoxy) is 1. The zero-order chi connectivity index (χ0) is 13.0. The summed E-state index contributed by atoms with van der Waals surface area (Å²) in [5.41, 5.74) is 7.87. The Morgan fingerprint density at radius 3 is 2.72 bits per heavy atom. The molecule has 3 nitrogen and oxygen atoms in total. The van der Waals surface area contributed by atoms with Gasteiger partial charge in [0.05, 0.1) is 12.7 Å². The number of nitrogens with two attached hydrogens (primary N) is 1. The fraction of sp³-hybridized carbons (Fsp3) is 0.600. The first-order chi connectivity index (χ1) is 8.72. The Bertz CT molecular complexity index is 386. The lowest BCUT2D eigenvalue weighted by Crippen LogP contribution is -2.34. The minimum absolute atomic E-state index is 0.119. The SMILES string of the molecule is COCc1cccc(C(O)C2(CN)CCCC2)c1. The summed E-state index contributed by atoms with van der Waals surface area (Å²) in [6.45, 7) is 1.14. The van der Waals surface area contributed by atoms with Gasteiger partial charge in [-0.2, -0.15) is 0 Å². The third kappa shape index (κ3) is 2.58. The number of benzene rings is 1. The molecule has 1 saturated carbocycles. The molecule has 0 saturated heterocycles. The predicted molar refractivity (Wildman–Crippen MR) is 72.1 cm³/mol. The Labute approximate surface area is 109 Å². The second kappa shape index (κ2) is 5.83. The highest BCUT2D eigenvalue weighted by Crippen LogP contribution is 2.46. The van der Waals surface area contributed by atoms with Crippen LogP contribution < -0.4 is 5.73 Å². The third-order valence-electron chi connectivity index (χ3n) is 4.16. The first-order valence-electron chi connectivity index (χ1n) is 6.68. The van der Waals surface area contributed by atoms with E-state index in [4.69, 9.17) is 10.5 Å². The van der Waals surface area contributed by atoms with Crippen molar-refractivity contribution in [2.75, 3.05) is 13.7 Å². The zero-order valence-corrected chi connectivity index (χ0v) is 11.1. The van der Waals surface area contributed by atoms with E-state index in [2.05, 4.69) is 0 Å². The van der Waals surface area contributed by atoms with Gasteiger partial charge in [0.2, 0.25) is 0 Å². The molecular formula is C15H23NO2. The molecule has 3 N–H and O–H groups in total. The Morgan fingerprint density at radius 2 is 2.11 bits per heavy atom. The molecule has 1 aliphatic carbocycles. The van der Waals surface area contributed by atoms with Gasteiger partial charge >= 0.3 is 0 Å². The molecule has 0 bridgehead atoms. The van der Waals surface area contributed by atoms with Crippen LogP contribution in [0.1, 0.15) is 42.9 Å². The molecule has 2 rings (SSSR count). The van der Waals surface area contributed by atoms with Gasteiger partial charge in [0.25, 0.3) is 0 Å². The lowest BCUT2D eigenvalue weighted by Gasteiger charge is -2.33. The second-order valence-corrected chi connectivity index (χ2v) is 5.35. The van der Waals surface area contributed by atoms with E-state index in [1.165, 1.54) is 12.8 Å². The highest BCUT2D eigenvalue weighted by Gasteiger charge is 2.40. The van der Waals surface area contributed by atoms with Crippen LogP contribution in [0, 0.1) is 5.41 Å². The topological polar surface area (TPSA) is 55.5 Å². The van der Waals surface area contributed by atoms with Crippen LogP contribution in [0.25, 0.3) is 0 Å². The monoisotopic (exact) mass is 249 g/mol. The van der Waals surface area contributed by atoms with Gasteiger partial charge in [-0.1, -0.05) is 37.1 Å². The van der Waals surface area contributed by atoms with Crippen LogP contribution >= 0.6 is 0 Å². The fourth-order valence-electron chi connectivity index (χ4n) is 3.04. The van der Waals surface area contributed by atoms with Crippen molar-refractivity contribution < 1.29 is 9.84 Å². The third-order valence-corrected chi connectivity index (χ3v) is 4.16. The zero-order valence-electron chi connectivity index (χ0n) is 11.1. The largest absolute Gasteiger partial charge is 0.388 e. The summed E-state index contributed by atoms with van der Waals surface area (Å²) < 4.78 is 5.13. The van der Waals surface area contributed by atoms with Gasteiger partial charge < -0.3 is 15.6 Å². The number of rotatable bonds is 5. The van der Waals surface area contributed by atoms with E-state index < -0.39 is 6.10 Å². The average molecular weight is 249 g/mol. The van der Waals surface area contributed by atoms with Crippen LogP contribution in [-0.2, 0) is 11.3 Å². The molecule has 1 aromatic rings. The molecule has 1 unspecified atom stereocenters. The second-order valence-electron chi connectivity index (χ2n) is 5.35. The number of hydrogen-bond donors (Lipinski definition) is 2. The van der Waals surface area contributed by atoms with E-state index in [1.54, 1.807) is 7.11 Å². The highest BCUT2D eigenvalue weighted by molar-refractivity contribution is 5.26. The van der Waals surface area contributed by atoms with Crippen LogP contribution in [0.2, 0.25) is 0 Å². The Balaban J connectivity index is 2.21. The summed E-state index contributed by atoms with van der Waals surface area (Å²) >= 11 is 0. The summed E-state index contributed by atoms with van der Waals surface area (Å²) in [7, 11) is 1.68. The molecule has 0 aliphatic heterocycles. The maximum Gasteiger partial charge on any atom is 0.0858 e. The summed E-state index contributed by atoms with van der Waals surface area (Å²) in [6.07, 6.45) is 3.94.